The van der Waals surface area contributed by atoms with E-state index in [1.54, 1.807) is 6.92 Å². The minimum atomic E-state index is -2.93. The first kappa shape index (κ1) is 16.9. The highest BCUT2D eigenvalue weighted by atomic mass is 127. The molecule has 0 radical (unpaired) electrons. The predicted octanol–water partition coefficient (Wildman–Crippen LogP) is 0.840. The Morgan fingerprint density at radius 1 is 1.29 bits per heavy atom. The molecule has 7 heteroatoms. The van der Waals surface area contributed by atoms with E-state index >= 15 is 0 Å². The van der Waals surface area contributed by atoms with Crippen LogP contribution in [0.5, 0.6) is 0 Å². The molecule has 5 nitrogen and oxygen atoms in total. The molecule has 0 saturated carbocycles. The minimum absolute atomic E-state index is 0. The van der Waals surface area contributed by atoms with Gasteiger partial charge in [0.05, 0.1) is 12.3 Å². The number of hydrogen-bond donors (Lipinski definition) is 1. The minimum Gasteiger partial charge on any atom is -0.370 e. The first-order valence-electron chi connectivity index (χ1n) is 5.80. The number of halogens is 1. The smallest absolute Gasteiger partial charge is 0.191 e. The molecular formula is C10H22IN3O2S. The van der Waals surface area contributed by atoms with Crippen LogP contribution in [0.4, 0.5) is 0 Å². The lowest BCUT2D eigenvalue weighted by atomic mass is 10.1. The molecule has 0 atom stereocenters. The zero-order valence-corrected chi connectivity index (χ0v) is 13.4. The summed E-state index contributed by atoms with van der Waals surface area (Å²) < 4.78 is 22.5. The molecule has 1 aliphatic rings. The summed E-state index contributed by atoms with van der Waals surface area (Å²) in [5, 5.41) is 0. The van der Waals surface area contributed by atoms with Crippen LogP contribution in [-0.2, 0) is 9.84 Å². The predicted molar refractivity (Wildman–Crippen MR) is 81.7 cm³/mol. The fourth-order valence-electron chi connectivity index (χ4n) is 1.67. The van der Waals surface area contributed by atoms with Gasteiger partial charge in [-0.25, -0.2) is 8.42 Å². The number of nitrogens with two attached hydrogens (primary N) is 1. The Balaban J connectivity index is 0.00000256. The van der Waals surface area contributed by atoms with E-state index in [9.17, 15) is 8.42 Å². The molecule has 0 aromatic carbocycles. The normalized spacial score (nSPS) is 17.7. The number of hydrogen-bond acceptors (Lipinski definition) is 3. The molecule has 2 N–H and O–H groups in total. The molecular weight excluding hydrogens is 353 g/mol. The van der Waals surface area contributed by atoms with Gasteiger partial charge in [-0.1, -0.05) is 6.92 Å². The summed E-state index contributed by atoms with van der Waals surface area (Å²) in [4.78, 5) is 6.15. The van der Waals surface area contributed by atoms with E-state index in [1.807, 2.05) is 4.90 Å². The van der Waals surface area contributed by atoms with Gasteiger partial charge in [-0.3, -0.25) is 4.99 Å². The zero-order valence-electron chi connectivity index (χ0n) is 10.3. The van der Waals surface area contributed by atoms with Gasteiger partial charge in [0.25, 0.3) is 0 Å². The van der Waals surface area contributed by atoms with Crippen LogP contribution in [0.25, 0.3) is 0 Å². The third kappa shape index (κ3) is 6.44. The van der Waals surface area contributed by atoms with Crippen LogP contribution >= 0.6 is 24.0 Å². The van der Waals surface area contributed by atoms with Crippen LogP contribution in [0.3, 0.4) is 0 Å². The van der Waals surface area contributed by atoms with Crippen molar-refractivity contribution in [2.24, 2.45) is 10.7 Å². The van der Waals surface area contributed by atoms with Crippen LogP contribution in [0.15, 0.2) is 4.99 Å². The molecule has 0 aromatic rings. The summed E-state index contributed by atoms with van der Waals surface area (Å²) in [6.45, 7) is 3.80. The number of likely N-dealkylation sites (tertiary alicyclic amines) is 1. The molecule has 102 valence electrons. The quantitative estimate of drug-likeness (QED) is 0.449. The Morgan fingerprint density at radius 2 is 1.88 bits per heavy atom. The van der Waals surface area contributed by atoms with Crippen LogP contribution in [0, 0.1) is 0 Å². The Morgan fingerprint density at radius 3 is 2.41 bits per heavy atom. The zero-order chi connectivity index (χ0) is 12.0. The van der Waals surface area contributed by atoms with Gasteiger partial charge >= 0.3 is 0 Å². The molecule has 0 aliphatic carbocycles. The lowest BCUT2D eigenvalue weighted by molar-refractivity contribution is 0.338. The number of guanidine groups is 1. The Kier molecular flexibility index (Phi) is 8.10. The fourth-order valence-corrected chi connectivity index (χ4v) is 2.32. The monoisotopic (exact) mass is 375 g/mol. The number of nitrogens with zero attached hydrogens (tertiary/aromatic N) is 2. The van der Waals surface area contributed by atoms with Crippen molar-refractivity contribution in [2.45, 2.75) is 26.2 Å². The topological polar surface area (TPSA) is 75.8 Å². The molecule has 0 amide bonds. The standard InChI is InChI=1S/C10H21N3O2S.HI/c1-2-16(14,15)9-6-12-10(11)13-7-4-3-5-8-13;/h2-9H2,1H3,(H2,11,12);1H. The fraction of sp³-hybridized carbons (Fsp3) is 0.900. The third-order valence-corrected chi connectivity index (χ3v) is 4.48. The summed E-state index contributed by atoms with van der Waals surface area (Å²) in [6, 6.07) is 0. The van der Waals surface area contributed by atoms with Crippen molar-refractivity contribution in [3.63, 3.8) is 0 Å². The molecule has 0 spiro atoms. The molecule has 0 aromatic heterocycles. The third-order valence-electron chi connectivity index (χ3n) is 2.80. The highest BCUT2D eigenvalue weighted by Crippen LogP contribution is 2.07. The summed E-state index contributed by atoms with van der Waals surface area (Å²) >= 11 is 0. The number of sulfone groups is 1. The Bertz CT molecular complexity index is 337. The SMILES string of the molecule is CCS(=O)(=O)CCN=C(N)N1CCCCC1.I. The van der Waals surface area contributed by atoms with E-state index < -0.39 is 9.84 Å². The van der Waals surface area contributed by atoms with Crippen molar-refractivity contribution >= 4 is 39.8 Å². The van der Waals surface area contributed by atoms with Crippen molar-refractivity contribution in [2.75, 3.05) is 31.1 Å². The average molecular weight is 375 g/mol. The second-order valence-corrected chi connectivity index (χ2v) is 6.50. The van der Waals surface area contributed by atoms with E-state index in [1.165, 1.54) is 6.42 Å². The van der Waals surface area contributed by atoms with Crippen LogP contribution in [-0.4, -0.2) is 50.4 Å². The number of piperidine rings is 1. The molecule has 0 bridgehead atoms. The van der Waals surface area contributed by atoms with Gasteiger partial charge < -0.3 is 10.6 Å². The largest absolute Gasteiger partial charge is 0.370 e. The second-order valence-electron chi connectivity index (χ2n) is 4.02. The maximum atomic E-state index is 11.2. The maximum absolute atomic E-state index is 11.2. The Labute approximate surface area is 121 Å². The molecule has 1 aliphatic heterocycles. The molecule has 1 saturated heterocycles. The molecule has 1 heterocycles. The number of aliphatic imine (C=N–C) groups is 1. The van der Waals surface area contributed by atoms with E-state index in [0.717, 1.165) is 25.9 Å². The lowest BCUT2D eigenvalue weighted by Gasteiger charge is -2.27. The van der Waals surface area contributed by atoms with Crippen molar-refractivity contribution in [3.05, 3.63) is 0 Å². The number of rotatable bonds is 4. The van der Waals surface area contributed by atoms with Gasteiger partial charge in [-0.05, 0) is 19.3 Å². The van der Waals surface area contributed by atoms with E-state index in [2.05, 4.69) is 4.99 Å². The molecule has 0 unspecified atom stereocenters. The molecule has 17 heavy (non-hydrogen) atoms. The summed E-state index contributed by atoms with van der Waals surface area (Å²) in [5.41, 5.74) is 5.80. The van der Waals surface area contributed by atoms with Crippen molar-refractivity contribution < 1.29 is 8.42 Å². The van der Waals surface area contributed by atoms with Crippen molar-refractivity contribution in [1.29, 1.82) is 0 Å². The van der Waals surface area contributed by atoms with Crippen LogP contribution in [0.1, 0.15) is 26.2 Å². The van der Waals surface area contributed by atoms with Crippen LogP contribution < -0.4 is 5.73 Å². The Hall–Kier alpha value is -0.0500. The molecule has 1 fully saturated rings. The maximum Gasteiger partial charge on any atom is 0.191 e. The first-order valence-corrected chi connectivity index (χ1v) is 7.62. The van der Waals surface area contributed by atoms with Gasteiger partial charge in [0.2, 0.25) is 0 Å². The van der Waals surface area contributed by atoms with Gasteiger partial charge in [0.1, 0.15) is 0 Å². The van der Waals surface area contributed by atoms with E-state index in [0.29, 0.717) is 5.96 Å². The summed E-state index contributed by atoms with van der Waals surface area (Å²) in [7, 11) is -2.93. The van der Waals surface area contributed by atoms with Crippen molar-refractivity contribution in [3.8, 4) is 0 Å². The lowest BCUT2D eigenvalue weighted by Crippen LogP contribution is -2.41. The van der Waals surface area contributed by atoms with E-state index in [4.69, 9.17) is 5.73 Å². The highest BCUT2D eigenvalue weighted by molar-refractivity contribution is 14.0. The van der Waals surface area contributed by atoms with Crippen molar-refractivity contribution in [1.82, 2.24) is 4.90 Å². The van der Waals surface area contributed by atoms with Crippen LogP contribution in [0.2, 0.25) is 0 Å². The van der Waals surface area contributed by atoms with Gasteiger partial charge in [-0.2, -0.15) is 0 Å². The van der Waals surface area contributed by atoms with Gasteiger partial charge in [0.15, 0.2) is 15.8 Å². The van der Waals surface area contributed by atoms with Gasteiger partial charge in [-0.15, -0.1) is 24.0 Å². The second kappa shape index (κ2) is 8.12. The van der Waals surface area contributed by atoms with E-state index in [-0.39, 0.29) is 42.0 Å². The molecule has 1 rings (SSSR count). The highest BCUT2D eigenvalue weighted by Gasteiger charge is 2.12. The summed E-state index contributed by atoms with van der Waals surface area (Å²) in [5.74, 6) is 0.760. The average Bonchev–Trinajstić information content (AvgIpc) is 2.30. The summed E-state index contributed by atoms with van der Waals surface area (Å²) in [6.07, 6.45) is 3.53. The first-order chi connectivity index (χ1) is 7.55. The van der Waals surface area contributed by atoms with Gasteiger partial charge in [0, 0.05) is 18.8 Å².